The Balaban J connectivity index is 2.54. The first-order valence-electron chi connectivity index (χ1n) is 5.85. The summed E-state index contributed by atoms with van der Waals surface area (Å²) in [5.41, 5.74) is 2.49. The summed E-state index contributed by atoms with van der Waals surface area (Å²) in [5, 5.41) is 9.97. The minimum Gasteiger partial charge on any atom is -0.384 e. The predicted octanol–water partition coefficient (Wildman–Crippen LogP) is 3.59. The van der Waals surface area contributed by atoms with Crippen molar-refractivity contribution >= 4 is 0 Å². The molecule has 0 bridgehead atoms. The van der Waals surface area contributed by atoms with Crippen molar-refractivity contribution in [2.75, 3.05) is 0 Å². The van der Waals surface area contributed by atoms with E-state index in [0.717, 1.165) is 25.7 Å². The molecule has 0 saturated heterocycles. The van der Waals surface area contributed by atoms with Gasteiger partial charge in [0.15, 0.2) is 0 Å². The Kier molecular flexibility index (Phi) is 4.95. The van der Waals surface area contributed by atoms with E-state index in [0.29, 0.717) is 0 Å². The van der Waals surface area contributed by atoms with Crippen LogP contribution in [-0.4, -0.2) is 11.2 Å². The van der Waals surface area contributed by atoms with Gasteiger partial charge in [-0.15, -0.1) is 0 Å². The van der Waals surface area contributed by atoms with Gasteiger partial charge in [-0.3, -0.25) is 0 Å². The molecule has 0 radical (unpaired) electrons. The lowest BCUT2D eigenvalue weighted by atomic mass is 10.1. The number of allylic oxidation sites excluding steroid dienone is 2. The fraction of sp³-hybridized carbons (Fsp3) is 0.692. The fourth-order valence-electron chi connectivity index (χ4n) is 1.89. The van der Waals surface area contributed by atoms with Crippen molar-refractivity contribution in [3.63, 3.8) is 0 Å². The van der Waals surface area contributed by atoms with Gasteiger partial charge in [0.1, 0.15) is 0 Å². The van der Waals surface area contributed by atoms with Crippen LogP contribution in [0.15, 0.2) is 23.3 Å². The largest absolute Gasteiger partial charge is 0.384 e. The van der Waals surface area contributed by atoms with Crippen LogP contribution in [0.5, 0.6) is 0 Å². The number of unbranched alkanes of at least 4 members (excludes halogenated alkanes) is 2. The number of aliphatic hydroxyl groups excluding tert-OH is 1. The van der Waals surface area contributed by atoms with Crippen LogP contribution in [0.25, 0.3) is 0 Å². The van der Waals surface area contributed by atoms with Gasteiger partial charge in [0.05, 0.1) is 6.10 Å². The molecule has 0 atom stereocenters. The Morgan fingerprint density at radius 3 is 1.86 bits per heavy atom. The predicted molar refractivity (Wildman–Crippen MR) is 61.2 cm³/mol. The summed E-state index contributed by atoms with van der Waals surface area (Å²) in [6.45, 7) is 4.35. The molecule has 0 aliphatic heterocycles. The summed E-state index contributed by atoms with van der Waals surface area (Å²) in [7, 11) is 0. The highest BCUT2D eigenvalue weighted by Crippen LogP contribution is 2.30. The second kappa shape index (κ2) is 6.02. The second-order valence-electron chi connectivity index (χ2n) is 4.04. The third-order valence-electron chi connectivity index (χ3n) is 2.80. The minimum atomic E-state index is -0.256. The molecule has 0 amide bonds. The van der Waals surface area contributed by atoms with Gasteiger partial charge in [-0.25, -0.2) is 0 Å². The normalized spacial score (nSPS) is 27.8. The van der Waals surface area contributed by atoms with Gasteiger partial charge in [0.2, 0.25) is 0 Å². The van der Waals surface area contributed by atoms with E-state index in [2.05, 4.69) is 26.0 Å². The Labute approximate surface area is 87.5 Å². The van der Waals surface area contributed by atoms with Gasteiger partial charge in [-0.1, -0.05) is 38.8 Å². The number of hydrogen-bond acceptors (Lipinski definition) is 1. The van der Waals surface area contributed by atoms with E-state index in [-0.39, 0.29) is 6.10 Å². The molecule has 0 spiro atoms. The Morgan fingerprint density at radius 2 is 1.50 bits per heavy atom. The minimum absolute atomic E-state index is 0.256. The van der Waals surface area contributed by atoms with Gasteiger partial charge < -0.3 is 5.11 Å². The lowest BCUT2D eigenvalue weighted by Gasteiger charge is -2.06. The maximum atomic E-state index is 9.97. The monoisotopic (exact) mass is 194 g/mol. The van der Waals surface area contributed by atoms with Crippen molar-refractivity contribution in [1.82, 2.24) is 0 Å². The first kappa shape index (κ1) is 11.5. The van der Waals surface area contributed by atoms with Crippen molar-refractivity contribution in [3.8, 4) is 0 Å². The van der Waals surface area contributed by atoms with Crippen molar-refractivity contribution in [1.29, 1.82) is 0 Å². The molecule has 80 valence electrons. The highest BCUT2D eigenvalue weighted by Gasteiger charge is 2.22. The maximum Gasteiger partial charge on any atom is 0.0961 e. The zero-order valence-corrected chi connectivity index (χ0v) is 9.42. The van der Waals surface area contributed by atoms with Crippen LogP contribution in [0.3, 0.4) is 0 Å². The molecule has 0 aromatic rings. The molecule has 1 nitrogen and oxygen atoms in total. The zero-order valence-electron chi connectivity index (χ0n) is 9.42. The Morgan fingerprint density at radius 1 is 1.07 bits per heavy atom. The maximum absolute atomic E-state index is 9.97. The lowest BCUT2D eigenvalue weighted by Crippen LogP contribution is -2.05. The molecular weight excluding hydrogens is 172 g/mol. The molecule has 14 heavy (non-hydrogen) atoms. The molecular formula is C13H22O. The summed E-state index contributed by atoms with van der Waals surface area (Å²) >= 11 is 0. The van der Waals surface area contributed by atoms with Gasteiger partial charge >= 0.3 is 0 Å². The molecule has 0 aromatic carbocycles. The number of rotatable bonds is 4. The van der Waals surface area contributed by atoms with Gasteiger partial charge in [-0.05, 0) is 36.8 Å². The van der Waals surface area contributed by atoms with E-state index < -0.39 is 0 Å². The smallest absolute Gasteiger partial charge is 0.0961 e. The van der Waals surface area contributed by atoms with Crippen molar-refractivity contribution in [2.45, 2.75) is 58.5 Å². The van der Waals surface area contributed by atoms with Gasteiger partial charge in [-0.2, -0.15) is 0 Å². The molecule has 1 aliphatic carbocycles. The highest BCUT2D eigenvalue weighted by molar-refractivity contribution is 5.30. The average Bonchev–Trinajstić information content (AvgIpc) is 2.54. The third kappa shape index (κ3) is 2.98. The van der Waals surface area contributed by atoms with E-state index >= 15 is 0 Å². The average molecular weight is 194 g/mol. The summed E-state index contributed by atoms with van der Waals surface area (Å²) < 4.78 is 0. The van der Waals surface area contributed by atoms with Gasteiger partial charge in [0.25, 0.3) is 0 Å². The first-order chi connectivity index (χ1) is 6.79. The molecule has 0 heterocycles. The lowest BCUT2D eigenvalue weighted by molar-refractivity contribution is 0.254. The second-order valence-corrected chi connectivity index (χ2v) is 4.04. The van der Waals surface area contributed by atoms with Crippen LogP contribution in [0, 0.1) is 0 Å². The number of aliphatic hydroxyl groups is 1. The molecule has 1 N–H and O–H groups in total. The summed E-state index contributed by atoms with van der Waals surface area (Å²) in [5.74, 6) is 0. The quantitative estimate of drug-likeness (QED) is 0.678. The highest BCUT2D eigenvalue weighted by atomic mass is 16.3. The fourth-order valence-corrected chi connectivity index (χ4v) is 1.89. The van der Waals surface area contributed by atoms with Crippen LogP contribution < -0.4 is 0 Å². The van der Waals surface area contributed by atoms with Gasteiger partial charge in [0, 0.05) is 0 Å². The third-order valence-corrected chi connectivity index (χ3v) is 2.80. The summed E-state index contributed by atoms with van der Waals surface area (Å²) in [6, 6.07) is 0. The topological polar surface area (TPSA) is 20.2 Å². The molecule has 1 fully saturated rings. The van der Waals surface area contributed by atoms with Crippen molar-refractivity contribution < 1.29 is 5.11 Å². The van der Waals surface area contributed by atoms with Crippen LogP contribution >= 0.6 is 0 Å². The molecule has 1 saturated carbocycles. The van der Waals surface area contributed by atoms with E-state index in [1.54, 1.807) is 0 Å². The summed E-state index contributed by atoms with van der Waals surface area (Å²) in [6.07, 6.45) is 10.9. The SMILES string of the molecule is CCCC=C1CCC(=CCCC)C1O. The van der Waals surface area contributed by atoms with Crippen LogP contribution in [0.2, 0.25) is 0 Å². The molecule has 1 heteroatoms. The van der Waals surface area contributed by atoms with Crippen LogP contribution in [0.1, 0.15) is 52.4 Å². The summed E-state index contributed by atoms with van der Waals surface area (Å²) in [4.78, 5) is 0. The Hall–Kier alpha value is -0.560. The van der Waals surface area contributed by atoms with Crippen LogP contribution in [-0.2, 0) is 0 Å². The Bertz CT molecular complexity index is 201. The first-order valence-corrected chi connectivity index (χ1v) is 5.85. The molecule has 0 unspecified atom stereocenters. The van der Waals surface area contributed by atoms with E-state index in [1.165, 1.54) is 24.0 Å². The van der Waals surface area contributed by atoms with Crippen LogP contribution in [0.4, 0.5) is 0 Å². The number of hydrogen-bond donors (Lipinski definition) is 1. The molecule has 0 aromatic heterocycles. The molecule has 1 rings (SSSR count). The van der Waals surface area contributed by atoms with E-state index in [9.17, 15) is 5.11 Å². The standard InChI is InChI=1S/C13H22O/c1-3-5-7-11-9-10-12(13(11)14)8-6-4-2/h7-8,13-14H,3-6,9-10H2,1-2H3. The van der Waals surface area contributed by atoms with E-state index in [1.807, 2.05) is 0 Å². The van der Waals surface area contributed by atoms with Crippen molar-refractivity contribution in [2.24, 2.45) is 0 Å². The molecule has 1 aliphatic rings. The zero-order chi connectivity index (χ0) is 10.4. The van der Waals surface area contributed by atoms with E-state index in [4.69, 9.17) is 0 Å². The van der Waals surface area contributed by atoms with Crippen molar-refractivity contribution in [3.05, 3.63) is 23.3 Å².